The number of aromatic nitrogens is 2. The summed E-state index contributed by atoms with van der Waals surface area (Å²) in [7, 11) is 0. The zero-order chi connectivity index (χ0) is 13.1. The Morgan fingerprint density at radius 3 is 2.59 bits per heavy atom. The van der Waals surface area contributed by atoms with Crippen LogP contribution in [0.5, 0.6) is 0 Å². The van der Waals surface area contributed by atoms with Gasteiger partial charge < -0.3 is 5.32 Å². The van der Waals surface area contributed by atoms with Crippen LogP contribution in [-0.2, 0) is 0 Å². The highest BCUT2D eigenvalue weighted by atomic mass is 16.2. The van der Waals surface area contributed by atoms with E-state index >= 15 is 0 Å². The van der Waals surface area contributed by atoms with Gasteiger partial charge in [0.1, 0.15) is 5.69 Å². The first-order valence-electron chi connectivity index (χ1n) is 5.64. The molecule has 94 valence electrons. The number of aromatic amines is 1. The Morgan fingerprint density at radius 1 is 1.47 bits per heavy atom. The minimum Gasteiger partial charge on any atom is -0.350 e. The van der Waals surface area contributed by atoms with Crippen LogP contribution in [0.3, 0.4) is 0 Å². The smallest absolute Gasteiger partial charge is 0.271 e. The van der Waals surface area contributed by atoms with Gasteiger partial charge in [-0.15, -0.1) is 0 Å². The molecule has 0 saturated heterocycles. The van der Waals surface area contributed by atoms with Gasteiger partial charge in [0.15, 0.2) is 0 Å². The molecule has 2 N–H and O–H groups in total. The summed E-state index contributed by atoms with van der Waals surface area (Å²) in [5.41, 5.74) is 0.0569. The van der Waals surface area contributed by atoms with Gasteiger partial charge in [0.2, 0.25) is 0 Å². The van der Waals surface area contributed by atoms with Crippen molar-refractivity contribution in [1.29, 1.82) is 0 Å². The zero-order valence-electron chi connectivity index (χ0n) is 10.7. The van der Waals surface area contributed by atoms with E-state index in [2.05, 4.69) is 43.2 Å². The van der Waals surface area contributed by atoms with Crippen LogP contribution in [0.15, 0.2) is 16.9 Å². The predicted molar refractivity (Wildman–Crippen MR) is 65.8 cm³/mol. The first-order chi connectivity index (χ1) is 7.80. The van der Waals surface area contributed by atoms with E-state index in [-0.39, 0.29) is 22.6 Å². The van der Waals surface area contributed by atoms with Crippen molar-refractivity contribution >= 4 is 5.91 Å². The number of H-pyrrole nitrogens is 1. The third-order valence-corrected chi connectivity index (χ3v) is 2.96. The highest BCUT2D eigenvalue weighted by molar-refractivity contribution is 5.91. The molecule has 1 atom stereocenters. The van der Waals surface area contributed by atoms with Crippen LogP contribution in [-0.4, -0.2) is 22.6 Å². The predicted octanol–water partition coefficient (Wildman–Crippen LogP) is 1.18. The molecule has 0 radical (unpaired) electrons. The topological polar surface area (TPSA) is 74.8 Å². The fourth-order valence-electron chi connectivity index (χ4n) is 1.11. The molecular formula is C12H19N3O2. The van der Waals surface area contributed by atoms with E-state index in [1.165, 1.54) is 12.1 Å². The average Bonchev–Trinajstić information content (AvgIpc) is 2.25. The van der Waals surface area contributed by atoms with E-state index in [1.54, 1.807) is 0 Å². The highest BCUT2D eigenvalue weighted by Gasteiger charge is 2.20. The summed E-state index contributed by atoms with van der Waals surface area (Å²) < 4.78 is 0. The molecule has 1 heterocycles. The largest absolute Gasteiger partial charge is 0.350 e. The third kappa shape index (κ3) is 4.01. The van der Waals surface area contributed by atoms with Gasteiger partial charge in [-0.25, -0.2) is 5.10 Å². The third-order valence-electron chi connectivity index (χ3n) is 2.96. The fourth-order valence-corrected chi connectivity index (χ4v) is 1.11. The maximum Gasteiger partial charge on any atom is 0.271 e. The number of nitrogens with zero attached hydrogens (tertiary/aromatic N) is 1. The molecule has 0 aliphatic heterocycles. The molecular weight excluding hydrogens is 218 g/mol. The number of nitrogens with one attached hydrogen (secondary N) is 2. The van der Waals surface area contributed by atoms with Crippen LogP contribution in [0, 0.1) is 11.3 Å². The Balaban J connectivity index is 2.56. The number of carbonyl (C=O) groups is 1. The lowest BCUT2D eigenvalue weighted by atomic mass is 9.82. The molecule has 0 saturated carbocycles. The molecule has 0 fully saturated rings. The average molecular weight is 237 g/mol. The van der Waals surface area contributed by atoms with E-state index in [9.17, 15) is 9.59 Å². The van der Waals surface area contributed by atoms with E-state index < -0.39 is 0 Å². The zero-order valence-corrected chi connectivity index (χ0v) is 10.7. The highest BCUT2D eigenvalue weighted by Crippen LogP contribution is 2.24. The number of hydrogen-bond acceptors (Lipinski definition) is 3. The molecule has 1 aromatic heterocycles. The SMILES string of the molecule is CC(CNC(=O)c1ccc(=O)[nH]n1)C(C)(C)C. The van der Waals surface area contributed by atoms with Gasteiger partial charge >= 0.3 is 0 Å². The van der Waals surface area contributed by atoms with Crippen molar-refractivity contribution in [1.82, 2.24) is 15.5 Å². The lowest BCUT2D eigenvalue weighted by molar-refractivity contribution is 0.0931. The summed E-state index contributed by atoms with van der Waals surface area (Å²) >= 11 is 0. The molecule has 1 unspecified atom stereocenters. The number of carbonyl (C=O) groups excluding carboxylic acids is 1. The monoisotopic (exact) mass is 237 g/mol. The molecule has 1 rings (SSSR count). The maximum atomic E-state index is 11.7. The van der Waals surface area contributed by atoms with Crippen LogP contribution in [0.2, 0.25) is 0 Å². The molecule has 0 aromatic carbocycles. The molecule has 17 heavy (non-hydrogen) atoms. The number of rotatable bonds is 3. The van der Waals surface area contributed by atoms with Crippen LogP contribution in [0.1, 0.15) is 38.2 Å². The number of amides is 1. The second kappa shape index (κ2) is 5.12. The van der Waals surface area contributed by atoms with Crippen LogP contribution >= 0.6 is 0 Å². The van der Waals surface area contributed by atoms with Crippen molar-refractivity contribution < 1.29 is 4.79 Å². The van der Waals surface area contributed by atoms with Gasteiger partial charge in [0.05, 0.1) is 0 Å². The first-order valence-corrected chi connectivity index (χ1v) is 5.64. The van der Waals surface area contributed by atoms with E-state index in [1.807, 2.05) is 0 Å². The van der Waals surface area contributed by atoms with Gasteiger partial charge in [-0.05, 0) is 17.4 Å². The summed E-state index contributed by atoms with van der Waals surface area (Å²) in [5.74, 6) is 0.0894. The lowest BCUT2D eigenvalue weighted by Gasteiger charge is -2.27. The standard InChI is InChI=1S/C12H19N3O2/c1-8(12(2,3)4)7-13-11(17)9-5-6-10(16)15-14-9/h5-6,8H,7H2,1-4H3,(H,13,17)(H,15,16). The second-order valence-electron chi connectivity index (χ2n) is 5.28. The van der Waals surface area contributed by atoms with E-state index in [0.717, 1.165) is 0 Å². The van der Waals surface area contributed by atoms with Gasteiger partial charge in [-0.1, -0.05) is 27.7 Å². The van der Waals surface area contributed by atoms with Crippen molar-refractivity contribution in [2.45, 2.75) is 27.7 Å². The molecule has 0 bridgehead atoms. The molecule has 1 aromatic rings. The quantitative estimate of drug-likeness (QED) is 0.829. The van der Waals surface area contributed by atoms with Crippen molar-refractivity contribution in [3.05, 3.63) is 28.2 Å². The van der Waals surface area contributed by atoms with Crippen molar-refractivity contribution in [2.24, 2.45) is 11.3 Å². The summed E-state index contributed by atoms with van der Waals surface area (Å²) in [6.07, 6.45) is 0. The summed E-state index contributed by atoms with van der Waals surface area (Å²) in [6.45, 7) is 9.05. The van der Waals surface area contributed by atoms with Gasteiger partial charge in [0.25, 0.3) is 11.5 Å². The van der Waals surface area contributed by atoms with Crippen molar-refractivity contribution in [3.8, 4) is 0 Å². The summed E-state index contributed by atoms with van der Waals surface area (Å²) in [4.78, 5) is 22.5. The normalized spacial score (nSPS) is 13.2. The fraction of sp³-hybridized carbons (Fsp3) is 0.583. The van der Waals surface area contributed by atoms with E-state index in [4.69, 9.17) is 0 Å². The maximum absolute atomic E-state index is 11.7. The minimum absolute atomic E-state index is 0.145. The summed E-state index contributed by atoms with van der Waals surface area (Å²) in [5, 5.41) is 8.70. The Morgan fingerprint density at radius 2 is 2.12 bits per heavy atom. The van der Waals surface area contributed by atoms with Gasteiger partial charge in [0, 0.05) is 12.6 Å². The van der Waals surface area contributed by atoms with Crippen LogP contribution in [0.4, 0.5) is 0 Å². The van der Waals surface area contributed by atoms with Crippen molar-refractivity contribution in [2.75, 3.05) is 6.54 Å². The Kier molecular flexibility index (Phi) is 4.04. The first kappa shape index (κ1) is 13.4. The molecule has 0 spiro atoms. The molecule has 5 nitrogen and oxygen atoms in total. The molecule has 1 amide bonds. The Bertz CT molecular complexity index is 425. The van der Waals surface area contributed by atoms with Crippen molar-refractivity contribution in [3.63, 3.8) is 0 Å². The Labute approximate surface area is 101 Å². The molecule has 0 aliphatic rings. The molecule has 5 heteroatoms. The van der Waals surface area contributed by atoms with Crippen LogP contribution in [0.25, 0.3) is 0 Å². The minimum atomic E-state index is -0.315. The lowest BCUT2D eigenvalue weighted by Crippen LogP contribution is -2.34. The molecule has 0 aliphatic carbocycles. The van der Waals surface area contributed by atoms with Gasteiger partial charge in [-0.2, -0.15) is 5.10 Å². The van der Waals surface area contributed by atoms with Gasteiger partial charge in [-0.3, -0.25) is 9.59 Å². The summed E-state index contributed by atoms with van der Waals surface area (Å²) in [6, 6.07) is 2.70. The second-order valence-corrected chi connectivity index (χ2v) is 5.28. The van der Waals surface area contributed by atoms with E-state index in [0.29, 0.717) is 12.5 Å². The van der Waals surface area contributed by atoms with Crippen LogP contribution < -0.4 is 10.9 Å². The number of hydrogen-bond donors (Lipinski definition) is 2. The Hall–Kier alpha value is -1.65.